The van der Waals surface area contributed by atoms with E-state index in [4.69, 9.17) is 9.47 Å². The van der Waals surface area contributed by atoms with Crippen molar-refractivity contribution in [2.24, 2.45) is 0 Å². The summed E-state index contributed by atoms with van der Waals surface area (Å²) in [5, 5.41) is 9.67. The first kappa shape index (κ1) is 14.9. The van der Waals surface area contributed by atoms with Gasteiger partial charge in [0.2, 0.25) is 0 Å². The Bertz CT molecular complexity index is 146. The zero-order valence-corrected chi connectivity index (χ0v) is 10.6. The predicted molar refractivity (Wildman–Crippen MR) is 62.1 cm³/mol. The monoisotopic (exact) mass is 218 g/mol. The molecule has 0 spiro atoms. The molecule has 0 fully saturated rings. The Labute approximate surface area is 93.8 Å². The van der Waals surface area contributed by atoms with E-state index in [0.29, 0.717) is 6.61 Å². The van der Waals surface area contributed by atoms with Gasteiger partial charge in [0, 0.05) is 20.3 Å². The molecule has 1 unspecified atom stereocenters. The molecular formula is C12H26O3. The molecule has 0 aliphatic rings. The topological polar surface area (TPSA) is 38.7 Å². The Morgan fingerprint density at radius 2 is 1.87 bits per heavy atom. The second-order valence-electron chi connectivity index (χ2n) is 4.56. The Morgan fingerprint density at radius 1 is 1.20 bits per heavy atom. The highest BCUT2D eigenvalue weighted by atomic mass is 16.5. The van der Waals surface area contributed by atoms with Gasteiger partial charge in [-0.2, -0.15) is 0 Å². The van der Waals surface area contributed by atoms with Crippen LogP contribution in [0.15, 0.2) is 0 Å². The fourth-order valence-electron chi connectivity index (χ4n) is 1.23. The normalized spacial score (nSPS) is 14.2. The van der Waals surface area contributed by atoms with Crippen LogP contribution in [0.1, 0.15) is 46.5 Å². The van der Waals surface area contributed by atoms with Gasteiger partial charge in [0.25, 0.3) is 0 Å². The lowest BCUT2D eigenvalue weighted by molar-refractivity contribution is -0.00129. The second-order valence-corrected chi connectivity index (χ2v) is 4.56. The van der Waals surface area contributed by atoms with Crippen molar-refractivity contribution in [3.05, 3.63) is 0 Å². The molecule has 0 saturated heterocycles. The number of rotatable bonds is 9. The van der Waals surface area contributed by atoms with Gasteiger partial charge in [-0.1, -0.05) is 6.92 Å². The maximum atomic E-state index is 9.67. The quantitative estimate of drug-likeness (QED) is 0.604. The minimum absolute atomic E-state index is 0.134. The lowest BCUT2D eigenvalue weighted by Crippen LogP contribution is -2.25. The molecule has 0 aromatic carbocycles. The number of methoxy groups -OCH3 is 1. The first-order valence-electron chi connectivity index (χ1n) is 5.83. The molecule has 0 heterocycles. The van der Waals surface area contributed by atoms with E-state index in [9.17, 15) is 5.11 Å². The molecule has 15 heavy (non-hydrogen) atoms. The van der Waals surface area contributed by atoms with Gasteiger partial charge in [0.15, 0.2) is 0 Å². The summed E-state index contributed by atoms with van der Waals surface area (Å²) >= 11 is 0. The van der Waals surface area contributed by atoms with Crippen LogP contribution in [-0.4, -0.2) is 37.1 Å². The van der Waals surface area contributed by atoms with Crippen molar-refractivity contribution in [2.45, 2.75) is 58.2 Å². The van der Waals surface area contributed by atoms with Gasteiger partial charge in [0.1, 0.15) is 0 Å². The molecule has 1 atom stereocenters. The number of ether oxygens (including phenoxy) is 2. The molecule has 3 heteroatoms. The Morgan fingerprint density at radius 3 is 2.40 bits per heavy atom. The summed E-state index contributed by atoms with van der Waals surface area (Å²) in [6.07, 6.45) is 3.14. The van der Waals surface area contributed by atoms with Crippen molar-refractivity contribution in [3.63, 3.8) is 0 Å². The highest BCUT2D eigenvalue weighted by molar-refractivity contribution is 4.70. The molecule has 1 N–H and O–H groups in total. The zero-order valence-electron chi connectivity index (χ0n) is 10.6. The van der Waals surface area contributed by atoms with E-state index >= 15 is 0 Å². The summed E-state index contributed by atoms with van der Waals surface area (Å²) in [6.45, 7) is 7.59. The molecule has 0 rings (SSSR count). The summed E-state index contributed by atoms with van der Waals surface area (Å²) in [5.41, 5.74) is -0.134. The van der Waals surface area contributed by atoms with Crippen LogP contribution in [0.25, 0.3) is 0 Å². The molecule has 0 radical (unpaired) electrons. The number of hydrogen-bond acceptors (Lipinski definition) is 3. The Hall–Kier alpha value is -0.120. The smallest absolute Gasteiger partial charge is 0.0623 e. The van der Waals surface area contributed by atoms with Gasteiger partial charge in [-0.25, -0.2) is 0 Å². The van der Waals surface area contributed by atoms with Crippen LogP contribution in [-0.2, 0) is 9.47 Å². The summed E-state index contributed by atoms with van der Waals surface area (Å²) in [5.74, 6) is 0. The van der Waals surface area contributed by atoms with Crippen molar-refractivity contribution in [1.82, 2.24) is 0 Å². The Balaban J connectivity index is 3.44. The first-order chi connectivity index (χ1) is 7.02. The fraction of sp³-hybridized carbons (Fsp3) is 1.00. The number of aliphatic hydroxyl groups is 1. The van der Waals surface area contributed by atoms with Crippen molar-refractivity contribution in [3.8, 4) is 0 Å². The number of aliphatic hydroxyl groups excluding tert-OH is 1. The van der Waals surface area contributed by atoms with Crippen LogP contribution in [0.4, 0.5) is 0 Å². The van der Waals surface area contributed by atoms with Crippen LogP contribution in [0, 0.1) is 0 Å². The third kappa shape index (κ3) is 8.85. The van der Waals surface area contributed by atoms with Crippen molar-refractivity contribution >= 4 is 0 Å². The molecule has 0 saturated carbocycles. The highest BCUT2D eigenvalue weighted by Crippen LogP contribution is 2.17. The predicted octanol–water partition coefficient (Wildman–Crippen LogP) is 2.37. The van der Waals surface area contributed by atoms with Crippen LogP contribution >= 0.6 is 0 Å². The summed E-state index contributed by atoms with van der Waals surface area (Å²) in [4.78, 5) is 0. The Kier molecular flexibility index (Phi) is 8.02. The van der Waals surface area contributed by atoms with Crippen LogP contribution in [0.3, 0.4) is 0 Å². The largest absolute Gasteiger partial charge is 0.393 e. The van der Waals surface area contributed by atoms with Crippen molar-refractivity contribution in [1.29, 1.82) is 0 Å². The average Bonchev–Trinajstić information content (AvgIpc) is 2.22. The number of hydrogen-bond donors (Lipinski definition) is 1. The van der Waals surface area contributed by atoms with Gasteiger partial charge in [-0.05, 0) is 39.5 Å². The standard InChI is InChI=1S/C12H26O3/c1-5-9-15-10-7-11(13)6-8-12(2,3)14-4/h11,13H,5-10H2,1-4H3. The molecule has 0 aromatic heterocycles. The van der Waals surface area contributed by atoms with E-state index in [1.165, 1.54) is 0 Å². The fourth-order valence-corrected chi connectivity index (χ4v) is 1.23. The van der Waals surface area contributed by atoms with Crippen molar-refractivity contribution in [2.75, 3.05) is 20.3 Å². The lowest BCUT2D eigenvalue weighted by Gasteiger charge is -2.24. The minimum Gasteiger partial charge on any atom is -0.393 e. The van der Waals surface area contributed by atoms with E-state index in [1.54, 1.807) is 7.11 Å². The average molecular weight is 218 g/mol. The second kappa shape index (κ2) is 8.08. The van der Waals surface area contributed by atoms with Gasteiger partial charge < -0.3 is 14.6 Å². The van der Waals surface area contributed by atoms with E-state index in [0.717, 1.165) is 32.3 Å². The molecule has 0 aliphatic carbocycles. The third-order valence-electron chi connectivity index (χ3n) is 2.58. The summed E-state index contributed by atoms with van der Waals surface area (Å²) in [6, 6.07) is 0. The van der Waals surface area contributed by atoms with Crippen molar-refractivity contribution < 1.29 is 14.6 Å². The summed E-state index contributed by atoms with van der Waals surface area (Å²) in [7, 11) is 1.71. The molecule has 92 valence electrons. The molecular weight excluding hydrogens is 192 g/mol. The molecule has 0 bridgehead atoms. The molecule has 0 aliphatic heterocycles. The highest BCUT2D eigenvalue weighted by Gasteiger charge is 2.17. The summed E-state index contributed by atoms with van der Waals surface area (Å²) < 4.78 is 10.6. The molecule has 0 amide bonds. The van der Waals surface area contributed by atoms with Crippen LogP contribution < -0.4 is 0 Å². The van der Waals surface area contributed by atoms with E-state index < -0.39 is 0 Å². The maximum Gasteiger partial charge on any atom is 0.0623 e. The van der Waals surface area contributed by atoms with Crippen LogP contribution in [0.2, 0.25) is 0 Å². The van der Waals surface area contributed by atoms with E-state index in [1.807, 2.05) is 13.8 Å². The molecule has 3 nitrogen and oxygen atoms in total. The van der Waals surface area contributed by atoms with Gasteiger partial charge >= 0.3 is 0 Å². The third-order valence-corrected chi connectivity index (χ3v) is 2.58. The zero-order chi connectivity index (χ0) is 11.7. The van der Waals surface area contributed by atoms with Gasteiger partial charge in [-0.15, -0.1) is 0 Å². The SMILES string of the molecule is CCCOCCC(O)CCC(C)(C)OC. The minimum atomic E-state index is -0.267. The van der Waals surface area contributed by atoms with Gasteiger partial charge in [-0.3, -0.25) is 0 Å². The van der Waals surface area contributed by atoms with Gasteiger partial charge in [0.05, 0.1) is 11.7 Å². The lowest BCUT2D eigenvalue weighted by atomic mass is 9.99. The van der Waals surface area contributed by atoms with Crippen LogP contribution in [0.5, 0.6) is 0 Å². The van der Waals surface area contributed by atoms with E-state index in [2.05, 4.69) is 6.92 Å². The molecule has 0 aromatic rings. The maximum absolute atomic E-state index is 9.67. The first-order valence-corrected chi connectivity index (χ1v) is 5.83. The van der Waals surface area contributed by atoms with E-state index in [-0.39, 0.29) is 11.7 Å².